The number of benzene rings is 2. The van der Waals surface area contributed by atoms with E-state index in [-0.39, 0.29) is 42.2 Å². The van der Waals surface area contributed by atoms with E-state index in [1.807, 2.05) is 18.0 Å². The second kappa shape index (κ2) is 11.8. The number of guanidine groups is 1. The van der Waals surface area contributed by atoms with Crippen molar-refractivity contribution in [3.63, 3.8) is 0 Å². The Kier molecular flexibility index (Phi) is 10.2. The SMILES string of the molecule is CN=C(NCc1ccc(F)c(COC)c1)N(C)Cc1ccc(OC)c(F)c1.I. The summed E-state index contributed by atoms with van der Waals surface area (Å²) in [6, 6.07) is 9.76. The molecule has 0 unspecified atom stereocenters. The van der Waals surface area contributed by atoms with Crippen LogP contribution in [0.25, 0.3) is 0 Å². The standard InChI is InChI=1S/C20H25F2N3O2.HI/c1-23-20(24-11-14-5-7-17(21)16(9-14)13-26-3)25(2)12-15-6-8-19(27-4)18(22)10-15;/h5-10H,11-13H2,1-4H3,(H,23,24);1H. The molecule has 0 atom stereocenters. The van der Waals surface area contributed by atoms with Gasteiger partial charge in [0.05, 0.1) is 13.7 Å². The number of nitrogens with one attached hydrogen (secondary N) is 1. The van der Waals surface area contributed by atoms with Crippen LogP contribution in [0.3, 0.4) is 0 Å². The maximum atomic E-state index is 13.9. The highest BCUT2D eigenvalue weighted by molar-refractivity contribution is 14.0. The van der Waals surface area contributed by atoms with Crippen LogP contribution in [0.5, 0.6) is 5.75 Å². The van der Waals surface area contributed by atoms with Crippen molar-refractivity contribution in [3.8, 4) is 5.75 Å². The molecule has 1 N–H and O–H groups in total. The first-order chi connectivity index (χ1) is 13.0. The molecule has 0 aliphatic carbocycles. The van der Waals surface area contributed by atoms with E-state index in [0.29, 0.717) is 24.6 Å². The quantitative estimate of drug-likeness (QED) is 0.352. The summed E-state index contributed by atoms with van der Waals surface area (Å²) in [7, 11) is 6.50. The molecule has 0 spiro atoms. The lowest BCUT2D eigenvalue weighted by Crippen LogP contribution is -2.38. The maximum absolute atomic E-state index is 13.9. The maximum Gasteiger partial charge on any atom is 0.193 e. The molecule has 0 amide bonds. The highest BCUT2D eigenvalue weighted by Gasteiger charge is 2.10. The van der Waals surface area contributed by atoms with E-state index in [1.54, 1.807) is 25.2 Å². The topological polar surface area (TPSA) is 46.1 Å². The molecule has 0 fully saturated rings. The largest absolute Gasteiger partial charge is 0.494 e. The molecule has 0 saturated carbocycles. The van der Waals surface area contributed by atoms with Gasteiger partial charge in [0.1, 0.15) is 5.82 Å². The molecule has 2 aromatic rings. The first-order valence-corrected chi connectivity index (χ1v) is 8.49. The van der Waals surface area contributed by atoms with E-state index in [2.05, 4.69) is 10.3 Å². The minimum Gasteiger partial charge on any atom is -0.494 e. The first kappa shape index (κ1) is 24.1. The van der Waals surface area contributed by atoms with Crippen LogP contribution in [0.1, 0.15) is 16.7 Å². The van der Waals surface area contributed by atoms with Crippen molar-refractivity contribution in [2.45, 2.75) is 19.7 Å². The Bertz CT molecular complexity index is 803. The monoisotopic (exact) mass is 505 g/mol. The Morgan fingerprint density at radius 3 is 2.39 bits per heavy atom. The number of rotatable bonds is 7. The van der Waals surface area contributed by atoms with Gasteiger partial charge in [0.2, 0.25) is 0 Å². The van der Waals surface area contributed by atoms with Crippen LogP contribution < -0.4 is 10.1 Å². The zero-order chi connectivity index (χ0) is 19.8. The van der Waals surface area contributed by atoms with E-state index in [0.717, 1.165) is 11.1 Å². The van der Waals surface area contributed by atoms with Gasteiger partial charge in [-0.1, -0.05) is 12.1 Å². The third kappa shape index (κ3) is 6.59. The van der Waals surface area contributed by atoms with Gasteiger partial charge < -0.3 is 19.7 Å². The number of nitrogens with zero attached hydrogens (tertiary/aromatic N) is 2. The average molecular weight is 505 g/mol. The molecule has 0 aliphatic heterocycles. The van der Waals surface area contributed by atoms with Crippen LogP contribution in [0.2, 0.25) is 0 Å². The van der Waals surface area contributed by atoms with Crippen LogP contribution in [0.4, 0.5) is 8.78 Å². The summed E-state index contributed by atoms with van der Waals surface area (Å²) >= 11 is 0. The van der Waals surface area contributed by atoms with Crippen molar-refractivity contribution in [2.24, 2.45) is 4.99 Å². The van der Waals surface area contributed by atoms with E-state index < -0.39 is 5.82 Å². The highest BCUT2D eigenvalue weighted by atomic mass is 127. The van der Waals surface area contributed by atoms with E-state index in [9.17, 15) is 8.78 Å². The predicted molar refractivity (Wildman–Crippen MR) is 117 cm³/mol. The molecule has 2 aromatic carbocycles. The molecular weight excluding hydrogens is 479 g/mol. The summed E-state index contributed by atoms with van der Waals surface area (Å²) in [4.78, 5) is 6.12. The second-order valence-corrected chi connectivity index (χ2v) is 6.08. The molecule has 5 nitrogen and oxygen atoms in total. The number of hydrogen-bond acceptors (Lipinski definition) is 3. The van der Waals surface area contributed by atoms with E-state index >= 15 is 0 Å². The van der Waals surface area contributed by atoms with Gasteiger partial charge in [-0.25, -0.2) is 8.78 Å². The fourth-order valence-electron chi connectivity index (χ4n) is 2.73. The Hall–Kier alpha value is -1.94. The van der Waals surface area contributed by atoms with Crippen molar-refractivity contribution in [2.75, 3.05) is 28.3 Å². The number of aliphatic imine (C=N–C) groups is 1. The Balaban J connectivity index is 0.00000392. The molecular formula is C20H26F2IN3O2. The average Bonchev–Trinajstić information content (AvgIpc) is 2.65. The molecule has 0 heterocycles. The van der Waals surface area contributed by atoms with E-state index in [1.165, 1.54) is 26.4 Å². The lowest BCUT2D eigenvalue weighted by Gasteiger charge is -2.22. The number of ether oxygens (including phenoxy) is 2. The lowest BCUT2D eigenvalue weighted by molar-refractivity contribution is 0.181. The number of methoxy groups -OCH3 is 2. The Morgan fingerprint density at radius 2 is 1.79 bits per heavy atom. The van der Waals surface area contributed by atoms with E-state index in [4.69, 9.17) is 9.47 Å². The zero-order valence-corrected chi connectivity index (χ0v) is 18.8. The zero-order valence-electron chi connectivity index (χ0n) is 16.5. The third-order valence-electron chi connectivity index (χ3n) is 4.07. The number of halogens is 3. The lowest BCUT2D eigenvalue weighted by atomic mass is 10.1. The normalized spacial score (nSPS) is 11.0. The van der Waals surface area contributed by atoms with Gasteiger partial charge in [0.25, 0.3) is 0 Å². The Labute approximate surface area is 181 Å². The van der Waals surface area contributed by atoms with Crippen molar-refractivity contribution in [1.82, 2.24) is 10.2 Å². The van der Waals surface area contributed by atoms with Gasteiger partial charge in [-0.05, 0) is 35.4 Å². The van der Waals surface area contributed by atoms with Crippen LogP contribution >= 0.6 is 24.0 Å². The highest BCUT2D eigenvalue weighted by Crippen LogP contribution is 2.18. The second-order valence-electron chi connectivity index (χ2n) is 6.08. The molecule has 0 radical (unpaired) electrons. The number of hydrogen-bond donors (Lipinski definition) is 1. The summed E-state index contributed by atoms with van der Waals surface area (Å²) in [5.41, 5.74) is 2.21. The smallest absolute Gasteiger partial charge is 0.193 e. The van der Waals surface area contributed by atoms with Gasteiger partial charge in [0.15, 0.2) is 17.5 Å². The Morgan fingerprint density at radius 1 is 1.07 bits per heavy atom. The van der Waals surface area contributed by atoms with Crippen molar-refractivity contribution >= 4 is 29.9 Å². The molecule has 2 rings (SSSR count). The fraction of sp³-hybridized carbons (Fsp3) is 0.350. The summed E-state index contributed by atoms with van der Waals surface area (Å²) in [5, 5.41) is 3.23. The molecule has 8 heteroatoms. The van der Waals surface area contributed by atoms with Crippen LogP contribution in [0, 0.1) is 11.6 Å². The van der Waals surface area contributed by atoms with Crippen LogP contribution in [-0.2, 0) is 24.4 Å². The summed E-state index contributed by atoms with van der Waals surface area (Å²) in [6.07, 6.45) is 0. The predicted octanol–water partition coefficient (Wildman–Crippen LogP) is 3.95. The van der Waals surface area contributed by atoms with Gasteiger partial charge in [0, 0.05) is 39.9 Å². The van der Waals surface area contributed by atoms with Gasteiger partial charge in [-0.15, -0.1) is 24.0 Å². The van der Waals surface area contributed by atoms with Crippen LogP contribution in [0.15, 0.2) is 41.4 Å². The minimum atomic E-state index is -0.400. The molecule has 154 valence electrons. The van der Waals surface area contributed by atoms with Crippen molar-refractivity contribution in [1.29, 1.82) is 0 Å². The molecule has 0 bridgehead atoms. The van der Waals surface area contributed by atoms with Crippen molar-refractivity contribution in [3.05, 3.63) is 64.7 Å². The molecule has 0 saturated heterocycles. The summed E-state index contributed by atoms with van der Waals surface area (Å²) in [5.74, 6) is 0.169. The molecule has 0 aromatic heterocycles. The molecule has 0 aliphatic rings. The van der Waals surface area contributed by atoms with Gasteiger partial charge in [-0.3, -0.25) is 4.99 Å². The van der Waals surface area contributed by atoms with Crippen molar-refractivity contribution < 1.29 is 18.3 Å². The molecule has 28 heavy (non-hydrogen) atoms. The van der Waals surface area contributed by atoms with Gasteiger partial charge in [-0.2, -0.15) is 0 Å². The summed E-state index contributed by atoms with van der Waals surface area (Å²) < 4.78 is 37.5. The third-order valence-corrected chi connectivity index (χ3v) is 4.07. The minimum absolute atomic E-state index is 0. The summed E-state index contributed by atoms with van der Waals surface area (Å²) in [6.45, 7) is 1.17. The first-order valence-electron chi connectivity index (χ1n) is 8.49. The van der Waals surface area contributed by atoms with Gasteiger partial charge >= 0.3 is 0 Å². The van der Waals surface area contributed by atoms with Crippen LogP contribution in [-0.4, -0.2) is 39.2 Å². The fourth-order valence-corrected chi connectivity index (χ4v) is 2.73.